The summed E-state index contributed by atoms with van der Waals surface area (Å²) >= 11 is 6.10. The molecule has 82 valence electrons. The average molecular weight is 225 g/mol. The summed E-state index contributed by atoms with van der Waals surface area (Å²) in [5.74, 6) is 0.729. The van der Waals surface area contributed by atoms with Crippen LogP contribution in [0.25, 0.3) is 0 Å². The molecule has 0 saturated carbocycles. The summed E-state index contributed by atoms with van der Waals surface area (Å²) in [5, 5.41) is 4.29. The van der Waals surface area contributed by atoms with Gasteiger partial charge in [-0.2, -0.15) is 0 Å². The Morgan fingerprint density at radius 3 is 3.27 bits per heavy atom. The van der Waals surface area contributed by atoms with Crippen molar-refractivity contribution in [2.75, 3.05) is 13.1 Å². The van der Waals surface area contributed by atoms with E-state index in [1.807, 2.05) is 12.3 Å². The summed E-state index contributed by atoms with van der Waals surface area (Å²) in [4.78, 5) is 4.01. The lowest BCUT2D eigenvalue weighted by atomic mass is 9.95. The Labute approximate surface area is 96.1 Å². The number of pyridine rings is 1. The van der Waals surface area contributed by atoms with Crippen molar-refractivity contribution < 1.29 is 0 Å². The highest BCUT2D eigenvalue weighted by atomic mass is 35.5. The van der Waals surface area contributed by atoms with Crippen LogP contribution in [0, 0.1) is 5.92 Å². The molecule has 2 rings (SSSR count). The molecule has 0 amide bonds. The van der Waals surface area contributed by atoms with Gasteiger partial charge in [0.05, 0.1) is 5.02 Å². The number of hydrogen-bond donors (Lipinski definition) is 1. The van der Waals surface area contributed by atoms with E-state index in [1.54, 1.807) is 6.20 Å². The summed E-state index contributed by atoms with van der Waals surface area (Å²) in [6, 6.07) is 2.03. The zero-order valence-electron chi connectivity index (χ0n) is 8.88. The first kappa shape index (κ1) is 10.9. The van der Waals surface area contributed by atoms with Gasteiger partial charge in [-0.15, -0.1) is 0 Å². The molecular formula is C12H17ClN2. The number of nitrogens with zero attached hydrogens (tertiary/aromatic N) is 1. The number of halogens is 1. The highest BCUT2D eigenvalue weighted by molar-refractivity contribution is 6.31. The van der Waals surface area contributed by atoms with Crippen LogP contribution in [0.2, 0.25) is 5.02 Å². The smallest absolute Gasteiger partial charge is 0.0621 e. The second-order valence-corrected chi connectivity index (χ2v) is 4.64. The van der Waals surface area contributed by atoms with Crippen LogP contribution < -0.4 is 5.32 Å². The van der Waals surface area contributed by atoms with Crippen molar-refractivity contribution in [3.63, 3.8) is 0 Å². The van der Waals surface area contributed by atoms with E-state index in [0.717, 1.165) is 23.9 Å². The minimum absolute atomic E-state index is 0.729. The zero-order valence-corrected chi connectivity index (χ0v) is 9.63. The third-order valence-corrected chi connectivity index (χ3v) is 3.35. The van der Waals surface area contributed by atoms with Crippen molar-refractivity contribution in [2.45, 2.75) is 25.7 Å². The normalized spacial score (nSPS) is 22.3. The second-order valence-electron chi connectivity index (χ2n) is 4.24. The fourth-order valence-electron chi connectivity index (χ4n) is 2.15. The Morgan fingerprint density at radius 2 is 2.40 bits per heavy atom. The Bertz CT molecular complexity index is 306. The van der Waals surface area contributed by atoms with Gasteiger partial charge in [-0.05, 0) is 49.9 Å². The first-order chi connectivity index (χ1) is 7.36. The summed E-state index contributed by atoms with van der Waals surface area (Å²) in [7, 11) is 0. The molecule has 1 aliphatic heterocycles. The SMILES string of the molecule is Clc1cnccc1CC1CCCCNC1. The van der Waals surface area contributed by atoms with E-state index in [2.05, 4.69) is 10.3 Å². The predicted molar refractivity (Wildman–Crippen MR) is 63.2 cm³/mol. The second kappa shape index (κ2) is 5.47. The van der Waals surface area contributed by atoms with E-state index >= 15 is 0 Å². The highest BCUT2D eigenvalue weighted by Crippen LogP contribution is 2.21. The minimum atomic E-state index is 0.729. The van der Waals surface area contributed by atoms with Crippen molar-refractivity contribution >= 4 is 11.6 Å². The molecule has 1 aliphatic rings. The van der Waals surface area contributed by atoms with E-state index in [-0.39, 0.29) is 0 Å². The van der Waals surface area contributed by atoms with Gasteiger partial charge in [0.1, 0.15) is 0 Å². The number of nitrogens with one attached hydrogen (secondary N) is 1. The molecule has 2 heterocycles. The average Bonchev–Trinajstić information content (AvgIpc) is 2.50. The van der Waals surface area contributed by atoms with Crippen LogP contribution in [0.4, 0.5) is 0 Å². The van der Waals surface area contributed by atoms with Gasteiger partial charge in [0.2, 0.25) is 0 Å². The van der Waals surface area contributed by atoms with Crippen LogP contribution in [0.15, 0.2) is 18.5 Å². The highest BCUT2D eigenvalue weighted by Gasteiger charge is 2.13. The Balaban J connectivity index is 1.98. The lowest BCUT2D eigenvalue weighted by molar-refractivity contribution is 0.477. The molecular weight excluding hydrogens is 208 g/mol. The van der Waals surface area contributed by atoms with Gasteiger partial charge in [0.15, 0.2) is 0 Å². The molecule has 1 N–H and O–H groups in total. The molecule has 1 aromatic rings. The molecule has 0 radical (unpaired) electrons. The Morgan fingerprint density at radius 1 is 1.47 bits per heavy atom. The molecule has 0 bridgehead atoms. The van der Waals surface area contributed by atoms with Gasteiger partial charge in [0, 0.05) is 12.4 Å². The molecule has 15 heavy (non-hydrogen) atoms. The van der Waals surface area contributed by atoms with Crippen LogP contribution in [-0.2, 0) is 6.42 Å². The molecule has 0 aliphatic carbocycles. The van der Waals surface area contributed by atoms with Crippen LogP contribution in [0.1, 0.15) is 24.8 Å². The quantitative estimate of drug-likeness (QED) is 0.836. The third kappa shape index (κ3) is 3.18. The fraction of sp³-hybridized carbons (Fsp3) is 0.583. The fourth-order valence-corrected chi connectivity index (χ4v) is 2.34. The molecule has 1 saturated heterocycles. The monoisotopic (exact) mass is 224 g/mol. The van der Waals surface area contributed by atoms with Gasteiger partial charge in [-0.25, -0.2) is 0 Å². The lowest BCUT2D eigenvalue weighted by Crippen LogP contribution is -2.22. The number of rotatable bonds is 2. The standard InChI is InChI=1S/C12H17ClN2/c13-12-9-15-6-4-11(12)7-10-3-1-2-5-14-8-10/h4,6,9-10,14H,1-3,5,7-8H2. The van der Waals surface area contributed by atoms with Crippen molar-refractivity contribution in [1.82, 2.24) is 10.3 Å². The first-order valence-electron chi connectivity index (χ1n) is 5.65. The van der Waals surface area contributed by atoms with Crippen molar-refractivity contribution in [2.24, 2.45) is 5.92 Å². The third-order valence-electron chi connectivity index (χ3n) is 3.01. The minimum Gasteiger partial charge on any atom is -0.316 e. The maximum atomic E-state index is 6.10. The predicted octanol–water partition coefficient (Wildman–Crippen LogP) is 2.67. The van der Waals surface area contributed by atoms with E-state index < -0.39 is 0 Å². The van der Waals surface area contributed by atoms with E-state index in [0.29, 0.717) is 0 Å². The van der Waals surface area contributed by atoms with Gasteiger partial charge >= 0.3 is 0 Å². The molecule has 1 fully saturated rings. The topological polar surface area (TPSA) is 24.9 Å². The lowest BCUT2D eigenvalue weighted by Gasteiger charge is -2.14. The maximum Gasteiger partial charge on any atom is 0.0621 e. The molecule has 1 unspecified atom stereocenters. The van der Waals surface area contributed by atoms with Gasteiger partial charge in [-0.3, -0.25) is 4.98 Å². The molecule has 0 aromatic carbocycles. The summed E-state index contributed by atoms with van der Waals surface area (Å²) in [5.41, 5.74) is 1.24. The van der Waals surface area contributed by atoms with Crippen molar-refractivity contribution in [1.29, 1.82) is 0 Å². The zero-order chi connectivity index (χ0) is 10.5. The van der Waals surface area contributed by atoms with Gasteiger partial charge in [0.25, 0.3) is 0 Å². The van der Waals surface area contributed by atoms with Crippen LogP contribution in [0.5, 0.6) is 0 Å². The molecule has 0 spiro atoms. The number of aromatic nitrogens is 1. The van der Waals surface area contributed by atoms with Gasteiger partial charge < -0.3 is 5.32 Å². The first-order valence-corrected chi connectivity index (χ1v) is 6.03. The summed E-state index contributed by atoms with van der Waals surface area (Å²) < 4.78 is 0. The Hall–Kier alpha value is -0.600. The largest absolute Gasteiger partial charge is 0.316 e. The molecule has 1 atom stereocenters. The summed E-state index contributed by atoms with van der Waals surface area (Å²) in [6.07, 6.45) is 8.59. The molecule has 3 heteroatoms. The van der Waals surface area contributed by atoms with E-state index in [1.165, 1.54) is 31.4 Å². The molecule has 1 aromatic heterocycles. The van der Waals surface area contributed by atoms with Gasteiger partial charge in [-0.1, -0.05) is 18.0 Å². The summed E-state index contributed by atoms with van der Waals surface area (Å²) in [6.45, 7) is 2.29. The van der Waals surface area contributed by atoms with E-state index in [4.69, 9.17) is 11.6 Å². The maximum absolute atomic E-state index is 6.10. The van der Waals surface area contributed by atoms with Crippen molar-refractivity contribution in [3.8, 4) is 0 Å². The number of hydrogen-bond acceptors (Lipinski definition) is 2. The van der Waals surface area contributed by atoms with Crippen LogP contribution >= 0.6 is 11.6 Å². The Kier molecular flexibility index (Phi) is 3.98. The van der Waals surface area contributed by atoms with Crippen LogP contribution in [0.3, 0.4) is 0 Å². The van der Waals surface area contributed by atoms with Crippen molar-refractivity contribution in [3.05, 3.63) is 29.0 Å². The molecule has 2 nitrogen and oxygen atoms in total. The van der Waals surface area contributed by atoms with Crippen LogP contribution in [-0.4, -0.2) is 18.1 Å². The van der Waals surface area contributed by atoms with E-state index in [9.17, 15) is 0 Å².